The molecular formula is C10H11NS. The van der Waals surface area contributed by atoms with Crippen molar-refractivity contribution in [3.8, 4) is 12.3 Å². The molecule has 1 aromatic carbocycles. The van der Waals surface area contributed by atoms with Gasteiger partial charge in [0.05, 0.1) is 6.54 Å². The van der Waals surface area contributed by atoms with Gasteiger partial charge in [0, 0.05) is 10.6 Å². The van der Waals surface area contributed by atoms with Crippen molar-refractivity contribution >= 4 is 17.4 Å². The monoisotopic (exact) mass is 177 g/mol. The van der Waals surface area contributed by atoms with E-state index in [-0.39, 0.29) is 0 Å². The number of nitrogens with one attached hydrogen (secondary N) is 1. The summed E-state index contributed by atoms with van der Waals surface area (Å²) in [5.41, 5.74) is 1.08. The minimum absolute atomic E-state index is 0.581. The Bertz CT molecular complexity index is 288. The first-order valence-electron chi connectivity index (χ1n) is 3.68. The van der Waals surface area contributed by atoms with Crippen LogP contribution in [0.4, 0.5) is 5.69 Å². The minimum atomic E-state index is 0.581. The molecule has 0 aliphatic rings. The highest BCUT2D eigenvalue weighted by Gasteiger charge is 1.91. The van der Waals surface area contributed by atoms with Crippen LogP contribution in [-0.2, 0) is 0 Å². The number of hydrogen-bond donors (Lipinski definition) is 1. The molecule has 62 valence electrons. The van der Waals surface area contributed by atoms with Gasteiger partial charge in [-0.1, -0.05) is 12.0 Å². The van der Waals surface area contributed by atoms with Crippen LogP contribution in [0.25, 0.3) is 0 Å². The molecule has 1 rings (SSSR count). The van der Waals surface area contributed by atoms with E-state index >= 15 is 0 Å². The van der Waals surface area contributed by atoms with Crippen LogP contribution in [0.5, 0.6) is 0 Å². The summed E-state index contributed by atoms with van der Waals surface area (Å²) in [4.78, 5) is 1.25. The van der Waals surface area contributed by atoms with Gasteiger partial charge in [-0.3, -0.25) is 0 Å². The zero-order valence-electron chi connectivity index (χ0n) is 7.00. The summed E-state index contributed by atoms with van der Waals surface area (Å²) >= 11 is 1.72. The summed E-state index contributed by atoms with van der Waals surface area (Å²) in [5, 5.41) is 3.12. The number of thioether (sulfide) groups is 1. The summed E-state index contributed by atoms with van der Waals surface area (Å²) < 4.78 is 0. The van der Waals surface area contributed by atoms with Crippen LogP contribution >= 0.6 is 11.8 Å². The molecule has 12 heavy (non-hydrogen) atoms. The summed E-state index contributed by atoms with van der Waals surface area (Å²) in [6, 6.07) is 8.19. The molecule has 2 heteroatoms. The lowest BCUT2D eigenvalue weighted by atomic mass is 10.3. The van der Waals surface area contributed by atoms with Gasteiger partial charge < -0.3 is 5.32 Å². The van der Waals surface area contributed by atoms with E-state index in [4.69, 9.17) is 6.42 Å². The molecular weight excluding hydrogens is 166 g/mol. The van der Waals surface area contributed by atoms with Crippen molar-refractivity contribution in [1.82, 2.24) is 0 Å². The molecule has 1 aromatic rings. The Labute approximate surface area is 77.6 Å². The molecule has 0 fully saturated rings. The van der Waals surface area contributed by atoms with Crippen molar-refractivity contribution in [2.45, 2.75) is 4.90 Å². The largest absolute Gasteiger partial charge is 0.374 e. The van der Waals surface area contributed by atoms with Gasteiger partial charge in [-0.2, -0.15) is 0 Å². The van der Waals surface area contributed by atoms with Gasteiger partial charge in [-0.25, -0.2) is 0 Å². The molecule has 0 aliphatic carbocycles. The first kappa shape index (κ1) is 9.02. The number of anilines is 1. The third-order valence-corrected chi connectivity index (χ3v) is 2.19. The zero-order valence-corrected chi connectivity index (χ0v) is 7.82. The molecule has 1 N–H and O–H groups in total. The van der Waals surface area contributed by atoms with Crippen molar-refractivity contribution in [2.24, 2.45) is 0 Å². The van der Waals surface area contributed by atoms with Gasteiger partial charge in [-0.05, 0) is 24.5 Å². The lowest BCUT2D eigenvalue weighted by Gasteiger charge is -2.03. The van der Waals surface area contributed by atoms with Gasteiger partial charge in [0.1, 0.15) is 0 Å². The van der Waals surface area contributed by atoms with E-state index in [0.717, 1.165) is 5.69 Å². The number of terminal acetylenes is 1. The van der Waals surface area contributed by atoms with Gasteiger partial charge in [0.15, 0.2) is 0 Å². The van der Waals surface area contributed by atoms with Crippen LogP contribution in [0.1, 0.15) is 0 Å². The molecule has 1 nitrogen and oxygen atoms in total. The summed E-state index contributed by atoms with van der Waals surface area (Å²) in [6.45, 7) is 0.581. The number of hydrogen-bond acceptors (Lipinski definition) is 2. The van der Waals surface area contributed by atoms with Crippen molar-refractivity contribution in [1.29, 1.82) is 0 Å². The molecule has 0 saturated carbocycles. The Morgan fingerprint density at radius 2 is 2.42 bits per heavy atom. The quantitative estimate of drug-likeness (QED) is 0.562. The summed E-state index contributed by atoms with van der Waals surface area (Å²) in [6.07, 6.45) is 7.19. The van der Waals surface area contributed by atoms with Crippen molar-refractivity contribution in [3.63, 3.8) is 0 Å². The van der Waals surface area contributed by atoms with Crippen LogP contribution in [0, 0.1) is 12.3 Å². The fourth-order valence-electron chi connectivity index (χ4n) is 0.886. The highest BCUT2D eigenvalue weighted by molar-refractivity contribution is 7.98. The van der Waals surface area contributed by atoms with E-state index in [0.29, 0.717) is 6.54 Å². The molecule has 0 aromatic heterocycles. The van der Waals surface area contributed by atoms with E-state index in [1.807, 2.05) is 12.1 Å². The Balaban J connectivity index is 2.67. The maximum absolute atomic E-state index is 5.13. The van der Waals surface area contributed by atoms with Crippen LogP contribution in [0.15, 0.2) is 29.2 Å². The van der Waals surface area contributed by atoms with E-state index in [1.165, 1.54) is 4.90 Å². The van der Waals surface area contributed by atoms with Gasteiger partial charge in [0.2, 0.25) is 0 Å². The number of benzene rings is 1. The first-order valence-corrected chi connectivity index (χ1v) is 4.90. The normalized spacial score (nSPS) is 9.00. The molecule has 0 saturated heterocycles. The molecule has 0 atom stereocenters. The minimum Gasteiger partial charge on any atom is -0.374 e. The third kappa shape index (κ3) is 2.52. The second kappa shape index (κ2) is 4.74. The summed E-state index contributed by atoms with van der Waals surface area (Å²) in [7, 11) is 0. The molecule has 0 bridgehead atoms. The molecule has 0 amide bonds. The first-order chi connectivity index (χ1) is 5.86. The maximum Gasteiger partial charge on any atom is 0.0763 e. The molecule has 0 spiro atoms. The van der Waals surface area contributed by atoms with Gasteiger partial charge in [-0.15, -0.1) is 18.2 Å². The molecule has 0 heterocycles. The third-order valence-electron chi connectivity index (χ3n) is 1.46. The van der Waals surface area contributed by atoms with Crippen LogP contribution < -0.4 is 5.32 Å². The highest BCUT2D eigenvalue weighted by atomic mass is 32.2. The van der Waals surface area contributed by atoms with E-state index in [2.05, 4.69) is 29.6 Å². The predicted octanol–water partition coefficient (Wildman–Crippen LogP) is 2.45. The average molecular weight is 177 g/mol. The van der Waals surface area contributed by atoms with Crippen LogP contribution in [-0.4, -0.2) is 12.8 Å². The van der Waals surface area contributed by atoms with Gasteiger partial charge >= 0.3 is 0 Å². The van der Waals surface area contributed by atoms with Crippen LogP contribution in [0.2, 0.25) is 0 Å². The summed E-state index contributed by atoms with van der Waals surface area (Å²) in [5.74, 6) is 2.54. The van der Waals surface area contributed by atoms with E-state index in [9.17, 15) is 0 Å². The Kier molecular flexibility index (Phi) is 3.56. The van der Waals surface area contributed by atoms with Crippen LogP contribution in [0.3, 0.4) is 0 Å². The molecule has 0 radical (unpaired) electrons. The smallest absolute Gasteiger partial charge is 0.0763 e. The second-order valence-electron chi connectivity index (χ2n) is 2.29. The van der Waals surface area contributed by atoms with E-state index in [1.54, 1.807) is 11.8 Å². The Morgan fingerprint density at radius 3 is 3.08 bits per heavy atom. The topological polar surface area (TPSA) is 12.0 Å². The zero-order chi connectivity index (χ0) is 8.81. The standard InChI is InChI=1S/C10H11NS/c1-3-7-11-9-5-4-6-10(8-9)12-2/h1,4-6,8,11H,7H2,2H3. The fraction of sp³-hybridized carbons (Fsp3) is 0.200. The lowest BCUT2D eigenvalue weighted by molar-refractivity contribution is 1.35. The maximum atomic E-state index is 5.13. The molecule has 0 unspecified atom stereocenters. The fourth-order valence-corrected chi connectivity index (χ4v) is 1.35. The van der Waals surface area contributed by atoms with Gasteiger partial charge in [0.25, 0.3) is 0 Å². The predicted molar refractivity (Wildman–Crippen MR) is 55.5 cm³/mol. The number of rotatable bonds is 3. The van der Waals surface area contributed by atoms with E-state index < -0.39 is 0 Å². The SMILES string of the molecule is C#CCNc1cccc(SC)c1. The average Bonchev–Trinajstić information content (AvgIpc) is 2.15. The second-order valence-corrected chi connectivity index (χ2v) is 3.17. The Morgan fingerprint density at radius 1 is 1.58 bits per heavy atom. The lowest BCUT2D eigenvalue weighted by Crippen LogP contribution is -1.97. The van der Waals surface area contributed by atoms with Crippen molar-refractivity contribution in [2.75, 3.05) is 18.1 Å². The highest BCUT2D eigenvalue weighted by Crippen LogP contribution is 2.18. The molecule has 0 aliphatic heterocycles. The van der Waals surface area contributed by atoms with Crippen molar-refractivity contribution < 1.29 is 0 Å². The Hall–Kier alpha value is -1.07. The van der Waals surface area contributed by atoms with Crippen molar-refractivity contribution in [3.05, 3.63) is 24.3 Å².